The summed E-state index contributed by atoms with van der Waals surface area (Å²) in [7, 11) is 0. The first-order chi connectivity index (χ1) is 20.7. The van der Waals surface area contributed by atoms with Crippen LogP contribution in [0.2, 0.25) is 0 Å². The summed E-state index contributed by atoms with van der Waals surface area (Å²) in [6.45, 7) is 3.05. The van der Waals surface area contributed by atoms with Gasteiger partial charge in [-0.05, 0) is 94.0 Å². The van der Waals surface area contributed by atoms with E-state index in [9.17, 15) is 36.6 Å². The van der Waals surface area contributed by atoms with E-state index in [0.29, 0.717) is 32.7 Å². The third-order valence-corrected chi connectivity index (χ3v) is 7.73. The highest BCUT2D eigenvalue weighted by atomic mass is 19.4. The smallest absolute Gasteiger partial charge is 0.416 e. The summed E-state index contributed by atoms with van der Waals surface area (Å²) in [5.41, 5.74) is -0.342. The summed E-state index contributed by atoms with van der Waals surface area (Å²) in [5, 5.41) is 25.9. The summed E-state index contributed by atoms with van der Waals surface area (Å²) in [4.78, 5) is 0. The van der Waals surface area contributed by atoms with Crippen LogP contribution in [0.5, 0.6) is 11.5 Å². The largest absolute Gasteiger partial charge is 0.507 e. The van der Waals surface area contributed by atoms with Gasteiger partial charge in [-0.25, -0.2) is 0 Å². The lowest BCUT2D eigenvalue weighted by Crippen LogP contribution is -2.05. The summed E-state index contributed by atoms with van der Waals surface area (Å²) in [5.74, 6) is -0.750. The molecule has 0 aliphatic heterocycles. The van der Waals surface area contributed by atoms with Crippen LogP contribution in [0.25, 0.3) is 54.9 Å². The molecule has 2 N–H and O–H groups in total. The Balaban J connectivity index is 1.73. The summed E-state index contributed by atoms with van der Waals surface area (Å²) in [6, 6.07) is 24.0. The van der Waals surface area contributed by atoms with Crippen LogP contribution in [0.15, 0.2) is 97.1 Å². The molecule has 2 nitrogen and oxygen atoms in total. The van der Waals surface area contributed by atoms with E-state index in [1.165, 1.54) is 26.0 Å². The number of aromatic hydroxyl groups is 2. The normalized spacial score (nSPS) is 12.3. The van der Waals surface area contributed by atoms with E-state index in [0.717, 1.165) is 24.3 Å². The minimum atomic E-state index is -4.62. The second-order valence-electron chi connectivity index (χ2n) is 10.9. The van der Waals surface area contributed by atoms with Gasteiger partial charge in [0.05, 0.1) is 11.1 Å². The van der Waals surface area contributed by atoms with Crippen molar-refractivity contribution in [3.63, 3.8) is 0 Å². The van der Waals surface area contributed by atoms with Crippen LogP contribution in [0.1, 0.15) is 22.3 Å². The third-order valence-electron chi connectivity index (χ3n) is 7.73. The van der Waals surface area contributed by atoms with Crippen molar-refractivity contribution >= 4 is 21.5 Å². The number of phenols is 2. The van der Waals surface area contributed by atoms with E-state index in [2.05, 4.69) is 0 Å². The molecule has 0 bridgehead atoms. The number of hydrogen-bond donors (Lipinski definition) is 2. The second-order valence-corrected chi connectivity index (χ2v) is 10.9. The van der Waals surface area contributed by atoms with E-state index >= 15 is 0 Å². The molecule has 0 radical (unpaired) electrons. The molecule has 0 unspecified atom stereocenters. The summed E-state index contributed by atoms with van der Waals surface area (Å²) in [6.07, 6.45) is -9.25. The first-order valence-corrected chi connectivity index (χ1v) is 13.6. The topological polar surface area (TPSA) is 40.5 Å². The van der Waals surface area contributed by atoms with Crippen molar-refractivity contribution in [2.45, 2.75) is 26.2 Å². The molecule has 0 saturated heterocycles. The highest BCUT2D eigenvalue weighted by molar-refractivity contribution is 6.14. The minimum Gasteiger partial charge on any atom is -0.507 e. The molecule has 0 aliphatic rings. The molecule has 0 amide bonds. The summed E-state index contributed by atoms with van der Waals surface area (Å²) >= 11 is 0. The lowest BCUT2D eigenvalue weighted by Gasteiger charge is -2.20. The SMILES string of the molecule is Cc1cc(-c2cc3ccccc3c(-c3c(O)c(-c4cc(C)cc(C(F)(F)F)c4)cc4ccccc34)c2O)cc(C(F)(F)F)c1. The number of phenolic OH excluding ortho intramolecular Hbond substituents is 2. The maximum atomic E-state index is 13.8. The lowest BCUT2D eigenvalue weighted by atomic mass is 9.86. The van der Waals surface area contributed by atoms with Crippen LogP contribution < -0.4 is 0 Å². The van der Waals surface area contributed by atoms with Crippen LogP contribution >= 0.6 is 0 Å². The molecule has 6 aromatic rings. The Morgan fingerprint density at radius 1 is 0.477 bits per heavy atom. The molecular weight excluding hydrogens is 578 g/mol. The molecule has 0 heterocycles. The molecule has 6 aromatic carbocycles. The number of rotatable bonds is 3. The number of benzene rings is 6. The second kappa shape index (κ2) is 10.3. The summed E-state index contributed by atoms with van der Waals surface area (Å²) < 4.78 is 82.6. The van der Waals surface area contributed by atoms with Gasteiger partial charge < -0.3 is 10.2 Å². The van der Waals surface area contributed by atoms with Crippen LogP contribution in [-0.2, 0) is 12.4 Å². The third kappa shape index (κ3) is 5.10. The van der Waals surface area contributed by atoms with Crippen molar-refractivity contribution < 1.29 is 36.6 Å². The zero-order valence-corrected chi connectivity index (χ0v) is 23.4. The number of alkyl halides is 6. The van der Waals surface area contributed by atoms with Gasteiger partial charge in [-0.15, -0.1) is 0 Å². The Hall–Kier alpha value is -4.98. The fourth-order valence-corrected chi connectivity index (χ4v) is 5.82. The lowest BCUT2D eigenvalue weighted by molar-refractivity contribution is -0.138. The van der Waals surface area contributed by atoms with Crippen molar-refractivity contribution in [1.29, 1.82) is 0 Å². The van der Waals surface area contributed by atoms with E-state index < -0.39 is 23.5 Å². The highest BCUT2D eigenvalue weighted by Crippen LogP contribution is 2.52. The van der Waals surface area contributed by atoms with Crippen LogP contribution in [0, 0.1) is 13.8 Å². The molecule has 44 heavy (non-hydrogen) atoms. The van der Waals surface area contributed by atoms with Crippen molar-refractivity contribution in [1.82, 2.24) is 0 Å². The van der Waals surface area contributed by atoms with Gasteiger partial charge in [0.1, 0.15) is 11.5 Å². The van der Waals surface area contributed by atoms with Gasteiger partial charge in [0.15, 0.2) is 0 Å². The quantitative estimate of drug-likeness (QED) is 0.198. The fraction of sp³-hybridized carbons (Fsp3) is 0.111. The fourth-order valence-electron chi connectivity index (χ4n) is 5.82. The van der Waals surface area contributed by atoms with Crippen LogP contribution in [0.4, 0.5) is 26.3 Å². The predicted molar refractivity (Wildman–Crippen MR) is 161 cm³/mol. The Bertz CT molecular complexity index is 1940. The van der Waals surface area contributed by atoms with E-state index in [-0.39, 0.29) is 44.9 Å². The van der Waals surface area contributed by atoms with Gasteiger partial charge in [-0.1, -0.05) is 60.7 Å². The predicted octanol–water partition coefficient (Wildman–Crippen LogP) is 11.1. The molecule has 8 heteroatoms. The van der Waals surface area contributed by atoms with Gasteiger partial charge in [-0.2, -0.15) is 26.3 Å². The Labute approximate surface area is 248 Å². The Morgan fingerprint density at radius 2 is 0.841 bits per heavy atom. The number of halogens is 6. The van der Waals surface area contributed by atoms with Gasteiger partial charge >= 0.3 is 12.4 Å². The molecule has 0 aromatic heterocycles. The van der Waals surface area contributed by atoms with Gasteiger partial charge in [-0.3, -0.25) is 0 Å². The molecule has 0 spiro atoms. The Morgan fingerprint density at radius 3 is 1.20 bits per heavy atom. The Kier molecular flexibility index (Phi) is 6.83. The van der Waals surface area contributed by atoms with Crippen molar-refractivity contribution in [2.24, 2.45) is 0 Å². The maximum absolute atomic E-state index is 13.8. The highest BCUT2D eigenvalue weighted by Gasteiger charge is 2.33. The number of hydrogen-bond acceptors (Lipinski definition) is 2. The molecule has 0 saturated carbocycles. The minimum absolute atomic E-state index is 0.108. The van der Waals surface area contributed by atoms with E-state index in [1.807, 2.05) is 0 Å². The van der Waals surface area contributed by atoms with Gasteiger partial charge in [0, 0.05) is 22.3 Å². The molecular formula is C36H24F6O2. The molecule has 0 atom stereocenters. The van der Waals surface area contributed by atoms with Crippen LogP contribution in [0.3, 0.4) is 0 Å². The van der Waals surface area contributed by atoms with Crippen molar-refractivity contribution in [2.75, 3.05) is 0 Å². The zero-order valence-electron chi connectivity index (χ0n) is 23.4. The van der Waals surface area contributed by atoms with Gasteiger partial charge in [0.2, 0.25) is 0 Å². The standard InChI is InChI=1S/C36H24F6O2/c1-19-11-23(15-25(13-19)35(37,38)39)29-17-21-7-3-5-9-27(21)31(33(29)43)32-28-10-6-4-8-22(28)18-30(34(32)44)24-12-20(2)14-26(16-24)36(40,41)42/h3-18,43-44H,1-2H3. The zero-order chi connectivity index (χ0) is 31.6. The number of fused-ring (bicyclic) bond motifs is 2. The van der Waals surface area contributed by atoms with Gasteiger partial charge in [0.25, 0.3) is 0 Å². The van der Waals surface area contributed by atoms with Crippen LogP contribution in [-0.4, -0.2) is 10.2 Å². The maximum Gasteiger partial charge on any atom is 0.416 e. The van der Waals surface area contributed by atoms with Crippen molar-refractivity contribution in [3.05, 3.63) is 119 Å². The average molecular weight is 603 g/mol. The molecule has 0 fully saturated rings. The first-order valence-electron chi connectivity index (χ1n) is 13.6. The average Bonchev–Trinajstić information content (AvgIpc) is 2.95. The molecule has 222 valence electrons. The first kappa shape index (κ1) is 29.1. The monoisotopic (exact) mass is 602 g/mol. The molecule has 0 aliphatic carbocycles. The molecule has 6 rings (SSSR count). The van der Waals surface area contributed by atoms with E-state index in [1.54, 1.807) is 60.7 Å². The number of aryl methyl sites for hydroxylation is 2. The van der Waals surface area contributed by atoms with Crippen molar-refractivity contribution in [3.8, 4) is 44.9 Å². The van der Waals surface area contributed by atoms with E-state index in [4.69, 9.17) is 0 Å².